The first-order valence-electron chi connectivity index (χ1n) is 15.3. The maximum absolute atomic E-state index is 15.2. The van der Waals surface area contributed by atoms with Crippen LogP contribution in [0.15, 0.2) is 72.8 Å². The zero-order chi connectivity index (χ0) is 31.4. The van der Waals surface area contributed by atoms with Gasteiger partial charge >= 0.3 is 6.09 Å². The van der Waals surface area contributed by atoms with Gasteiger partial charge in [-0.25, -0.2) is 13.9 Å². The lowest BCUT2D eigenvalue weighted by atomic mass is 9.94. The molecule has 0 radical (unpaired) electrons. The summed E-state index contributed by atoms with van der Waals surface area (Å²) < 4.78 is 22.2. The van der Waals surface area contributed by atoms with Crippen LogP contribution in [-0.2, 0) is 17.6 Å². The van der Waals surface area contributed by atoms with Gasteiger partial charge in [-0.2, -0.15) is 5.10 Å². The highest BCUT2D eigenvalue weighted by atomic mass is 19.1. The fourth-order valence-corrected chi connectivity index (χ4v) is 5.19. The molecule has 1 atom stereocenters. The van der Waals surface area contributed by atoms with E-state index >= 15 is 4.39 Å². The molecule has 5 rings (SSSR count). The van der Waals surface area contributed by atoms with Gasteiger partial charge in [-0.05, 0) is 118 Å². The van der Waals surface area contributed by atoms with Crippen LogP contribution in [0.2, 0.25) is 0 Å². The summed E-state index contributed by atoms with van der Waals surface area (Å²) in [6, 6.07) is 22.0. The normalized spacial score (nSPS) is 13.9. The number of hydrogen-bond acceptors (Lipinski definition) is 5. The highest BCUT2D eigenvalue weighted by Crippen LogP contribution is 2.31. The highest BCUT2D eigenvalue weighted by molar-refractivity contribution is 5.96. The molecule has 1 amide bonds. The molecule has 8 heteroatoms. The summed E-state index contributed by atoms with van der Waals surface area (Å²) in [5.41, 5.74) is 5.29. The number of carbonyl (C=O) groups is 2. The second-order valence-corrected chi connectivity index (χ2v) is 12.6. The topological polar surface area (TPSA) is 85.3 Å². The van der Waals surface area contributed by atoms with Crippen LogP contribution in [0.4, 0.5) is 14.9 Å². The number of amides is 1. The summed E-state index contributed by atoms with van der Waals surface area (Å²) in [6.45, 7) is 10.2. The summed E-state index contributed by atoms with van der Waals surface area (Å²) >= 11 is 0. The average Bonchev–Trinajstić information content (AvgIpc) is 3.72. The van der Waals surface area contributed by atoms with Crippen molar-refractivity contribution in [3.05, 3.63) is 112 Å². The number of ether oxygens (including phenoxy) is 1. The Bertz CT molecular complexity index is 1630. The Morgan fingerprint density at radius 2 is 1.75 bits per heavy atom. The molecule has 1 fully saturated rings. The Labute approximate surface area is 258 Å². The van der Waals surface area contributed by atoms with Crippen molar-refractivity contribution in [2.75, 3.05) is 11.9 Å². The maximum atomic E-state index is 15.2. The van der Waals surface area contributed by atoms with E-state index < -0.39 is 17.5 Å². The first kappa shape index (κ1) is 31.1. The number of aromatic nitrogens is 2. The van der Waals surface area contributed by atoms with E-state index in [1.54, 1.807) is 22.9 Å². The van der Waals surface area contributed by atoms with Gasteiger partial charge < -0.3 is 10.1 Å². The molecular formula is C36H41FN4O3. The lowest BCUT2D eigenvalue weighted by molar-refractivity contribution is 0.0635. The zero-order valence-corrected chi connectivity index (χ0v) is 26.1. The summed E-state index contributed by atoms with van der Waals surface area (Å²) in [7, 11) is 0. The molecule has 230 valence electrons. The van der Waals surface area contributed by atoms with Crippen LogP contribution < -0.4 is 10.6 Å². The lowest BCUT2D eigenvalue weighted by Crippen LogP contribution is -2.27. The molecule has 7 nitrogen and oxygen atoms in total. The number of carbonyl (C=O) groups excluding carboxylic acids is 2. The van der Waals surface area contributed by atoms with Crippen molar-refractivity contribution >= 4 is 17.6 Å². The van der Waals surface area contributed by atoms with Crippen molar-refractivity contribution < 1.29 is 18.7 Å². The van der Waals surface area contributed by atoms with Crippen LogP contribution in [0.5, 0.6) is 0 Å². The molecule has 0 bridgehead atoms. The Hall–Kier alpha value is -4.30. The number of nitrogens with one attached hydrogen (secondary N) is 2. The largest absolute Gasteiger partial charge is 0.444 e. The predicted octanol–water partition coefficient (Wildman–Crippen LogP) is 7.74. The molecule has 4 aromatic rings. The number of rotatable bonds is 11. The number of hydrogen-bond donors (Lipinski definition) is 2. The van der Waals surface area contributed by atoms with E-state index in [2.05, 4.69) is 22.7 Å². The van der Waals surface area contributed by atoms with Gasteiger partial charge in [-0.15, -0.1) is 0 Å². The predicted molar refractivity (Wildman–Crippen MR) is 171 cm³/mol. The monoisotopic (exact) mass is 596 g/mol. The fraction of sp³-hybridized carbons (Fsp3) is 0.361. The number of nitrogens with zero attached hydrogens (tertiary/aromatic N) is 2. The lowest BCUT2D eigenvalue weighted by Gasteiger charge is -2.22. The summed E-state index contributed by atoms with van der Waals surface area (Å²) in [6.07, 6.45) is 2.64. The van der Waals surface area contributed by atoms with E-state index in [4.69, 9.17) is 4.74 Å². The first-order valence-corrected chi connectivity index (χ1v) is 15.3. The third kappa shape index (κ3) is 7.99. The van der Waals surface area contributed by atoms with Crippen molar-refractivity contribution in [3.63, 3.8) is 0 Å². The third-order valence-corrected chi connectivity index (χ3v) is 7.63. The van der Waals surface area contributed by atoms with Gasteiger partial charge in [-0.1, -0.05) is 43.3 Å². The van der Waals surface area contributed by atoms with Crippen molar-refractivity contribution in [2.45, 2.75) is 71.9 Å². The minimum atomic E-state index is -0.595. The number of ketones is 1. The molecule has 1 heterocycles. The van der Waals surface area contributed by atoms with Crippen LogP contribution in [0, 0.1) is 18.7 Å². The molecule has 0 saturated heterocycles. The van der Waals surface area contributed by atoms with Crippen LogP contribution in [-0.4, -0.2) is 33.8 Å². The molecule has 1 unspecified atom stereocenters. The molecule has 1 aliphatic carbocycles. The Morgan fingerprint density at radius 3 is 2.43 bits per heavy atom. The minimum Gasteiger partial charge on any atom is -0.444 e. The number of benzene rings is 3. The Morgan fingerprint density at radius 1 is 1.02 bits per heavy atom. The summed E-state index contributed by atoms with van der Waals surface area (Å²) in [5.74, 6) is 0.00109. The average molecular weight is 597 g/mol. The first-order chi connectivity index (χ1) is 21.0. The standard InChI is InChI=1S/C36H41FN4O3/c1-6-24-8-7-9-30(19-24)41-32(18-23(2)40-41)33(42)21-28-20-27(14-17-31(28)37)34(38-22-25-10-11-25)26-12-15-29(16-13-26)39-35(43)44-36(3,4)5/h7-9,12-20,25,34,38H,6,10-11,21-22H2,1-5H3,(H,39,43). The number of aryl methyl sites for hydroxylation is 2. The molecule has 3 aromatic carbocycles. The Kier molecular flexibility index (Phi) is 9.30. The maximum Gasteiger partial charge on any atom is 0.412 e. The van der Waals surface area contributed by atoms with E-state index in [0.29, 0.717) is 22.9 Å². The van der Waals surface area contributed by atoms with Gasteiger partial charge in [0.05, 0.1) is 17.4 Å². The molecule has 44 heavy (non-hydrogen) atoms. The summed E-state index contributed by atoms with van der Waals surface area (Å²) in [5, 5.41) is 11.0. The molecule has 1 aliphatic rings. The van der Waals surface area contributed by atoms with Gasteiger partial charge in [0, 0.05) is 12.1 Å². The quantitative estimate of drug-likeness (QED) is 0.173. The molecule has 1 aromatic heterocycles. The minimum absolute atomic E-state index is 0.0909. The van der Waals surface area contributed by atoms with Crippen LogP contribution in [0.1, 0.15) is 85.0 Å². The Balaban J connectivity index is 1.39. The smallest absolute Gasteiger partial charge is 0.412 e. The van der Waals surface area contributed by atoms with Gasteiger partial charge in [0.25, 0.3) is 0 Å². The van der Waals surface area contributed by atoms with Gasteiger partial charge in [0.1, 0.15) is 17.1 Å². The second-order valence-electron chi connectivity index (χ2n) is 12.6. The van der Waals surface area contributed by atoms with E-state index in [1.807, 2.05) is 76.2 Å². The molecule has 0 spiro atoms. The number of Topliss-reactive ketones (excluding diaryl/α,β-unsaturated/α-hetero) is 1. The molecule has 0 aliphatic heterocycles. The van der Waals surface area contributed by atoms with E-state index in [0.717, 1.165) is 41.0 Å². The number of anilines is 1. The molecule has 2 N–H and O–H groups in total. The van der Waals surface area contributed by atoms with Crippen molar-refractivity contribution in [1.29, 1.82) is 0 Å². The van der Waals surface area contributed by atoms with Crippen LogP contribution in [0.25, 0.3) is 5.69 Å². The summed E-state index contributed by atoms with van der Waals surface area (Å²) in [4.78, 5) is 25.9. The van der Waals surface area contributed by atoms with Crippen LogP contribution in [0.3, 0.4) is 0 Å². The van der Waals surface area contributed by atoms with Crippen LogP contribution >= 0.6 is 0 Å². The van der Waals surface area contributed by atoms with Crippen molar-refractivity contribution in [3.8, 4) is 5.69 Å². The SMILES string of the molecule is CCc1cccc(-n2nc(C)cc2C(=O)Cc2cc(C(NCC3CC3)c3ccc(NC(=O)OC(C)(C)C)cc3)ccc2F)c1. The van der Waals surface area contributed by atoms with Gasteiger partial charge in [0.2, 0.25) is 0 Å². The van der Waals surface area contributed by atoms with E-state index in [1.165, 1.54) is 18.9 Å². The van der Waals surface area contributed by atoms with Crippen molar-refractivity contribution in [1.82, 2.24) is 15.1 Å². The van der Waals surface area contributed by atoms with E-state index in [-0.39, 0.29) is 18.2 Å². The van der Waals surface area contributed by atoms with E-state index in [9.17, 15) is 9.59 Å². The molecular weight excluding hydrogens is 555 g/mol. The fourth-order valence-electron chi connectivity index (χ4n) is 5.19. The van der Waals surface area contributed by atoms with Gasteiger partial charge in [-0.3, -0.25) is 10.1 Å². The van der Waals surface area contributed by atoms with Gasteiger partial charge in [0.15, 0.2) is 5.78 Å². The highest BCUT2D eigenvalue weighted by Gasteiger charge is 2.25. The second kappa shape index (κ2) is 13.1. The number of halogens is 1. The third-order valence-electron chi connectivity index (χ3n) is 7.63. The van der Waals surface area contributed by atoms with Crippen molar-refractivity contribution in [2.24, 2.45) is 5.92 Å². The molecule has 1 saturated carbocycles. The zero-order valence-electron chi connectivity index (χ0n) is 26.1.